The molecule has 0 aromatic carbocycles. The fraction of sp³-hybridized carbons (Fsp3) is 0.833. The Labute approximate surface area is 113 Å². The summed E-state index contributed by atoms with van der Waals surface area (Å²) in [5.74, 6) is -0.166. The molecule has 104 valence electrons. The van der Waals surface area contributed by atoms with Gasteiger partial charge in [0.25, 0.3) is 0 Å². The summed E-state index contributed by atoms with van der Waals surface area (Å²) >= 11 is 5.10. The minimum atomic E-state index is -0.505. The molecule has 1 saturated carbocycles. The Morgan fingerprint density at radius 3 is 2.56 bits per heavy atom. The average Bonchev–Trinajstić information content (AvgIpc) is 2.35. The predicted molar refractivity (Wildman–Crippen MR) is 73.4 cm³/mol. The largest absolute Gasteiger partial charge is 0.391 e. The lowest BCUT2D eigenvalue weighted by atomic mass is 9.81. The first-order chi connectivity index (χ1) is 8.60. The number of nitrogens with one attached hydrogen (secondary N) is 1. The standard InChI is InChI=1S/C12H22N2O3S/c1-16-7-8-17-9-10(15)14-12(11(13)18)5-3-2-4-6-12/h2-9H2,1H3,(H2,13,18)(H,14,15). The van der Waals surface area contributed by atoms with Crippen molar-refractivity contribution in [2.24, 2.45) is 5.73 Å². The molecule has 0 bridgehead atoms. The number of carbonyl (C=O) groups is 1. The zero-order valence-electron chi connectivity index (χ0n) is 10.9. The van der Waals surface area contributed by atoms with E-state index in [1.807, 2.05) is 0 Å². The first-order valence-electron chi connectivity index (χ1n) is 6.28. The van der Waals surface area contributed by atoms with E-state index in [1.54, 1.807) is 7.11 Å². The molecule has 6 heteroatoms. The molecule has 1 amide bonds. The van der Waals surface area contributed by atoms with E-state index in [0.29, 0.717) is 18.2 Å². The lowest BCUT2D eigenvalue weighted by Gasteiger charge is -2.37. The van der Waals surface area contributed by atoms with Crippen molar-refractivity contribution in [1.82, 2.24) is 5.32 Å². The van der Waals surface area contributed by atoms with Crippen LogP contribution >= 0.6 is 12.2 Å². The molecule has 1 rings (SSSR count). The van der Waals surface area contributed by atoms with Gasteiger partial charge in [-0.05, 0) is 12.8 Å². The van der Waals surface area contributed by atoms with Crippen LogP contribution < -0.4 is 11.1 Å². The van der Waals surface area contributed by atoms with Crippen LogP contribution in [0.15, 0.2) is 0 Å². The van der Waals surface area contributed by atoms with Crippen molar-refractivity contribution < 1.29 is 14.3 Å². The molecule has 1 aliphatic rings. The number of rotatable bonds is 7. The molecule has 5 nitrogen and oxygen atoms in total. The zero-order chi connectivity index (χ0) is 13.4. The summed E-state index contributed by atoms with van der Waals surface area (Å²) in [6.07, 6.45) is 4.91. The first kappa shape index (κ1) is 15.3. The molecular formula is C12H22N2O3S. The highest BCUT2D eigenvalue weighted by atomic mass is 32.1. The Balaban J connectivity index is 2.41. The van der Waals surface area contributed by atoms with Gasteiger partial charge in [-0.25, -0.2) is 0 Å². The van der Waals surface area contributed by atoms with Gasteiger partial charge < -0.3 is 20.5 Å². The monoisotopic (exact) mass is 274 g/mol. The van der Waals surface area contributed by atoms with E-state index >= 15 is 0 Å². The summed E-state index contributed by atoms with van der Waals surface area (Å²) in [4.78, 5) is 12.2. The number of hydrogen-bond acceptors (Lipinski definition) is 4. The normalized spacial score (nSPS) is 18.3. The fourth-order valence-corrected chi connectivity index (χ4v) is 2.45. The molecule has 1 fully saturated rings. The van der Waals surface area contributed by atoms with E-state index in [1.165, 1.54) is 6.42 Å². The van der Waals surface area contributed by atoms with Crippen LogP contribution in [0.1, 0.15) is 32.1 Å². The molecule has 0 aromatic rings. The lowest BCUT2D eigenvalue weighted by Crippen LogP contribution is -2.58. The highest BCUT2D eigenvalue weighted by Gasteiger charge is 2.36. The first-order valence-corrected chi connectivity index (χ1v) is 6.69. The van der Waals surface area contributed by atoms with Crippen LogP contribution in [-0.4, -0.2) is 43.4 Å². The average molecular weight is 274 g/mol. The van der Waals surface area contributed by atoms with Crippen LogP contribution in [-0.2, 0) is 14.3 Å². The fourth-order valence-electron chi connectivity index (χ4n) is 2.20. The summed E-state index contributed by atoms with van der Waals surface area (Å²) < 4.78 is 10.0. The Kier molecular flexibility index (Phi) is 6.52. The van der Waals surface area contributed by atoms with Gasteiger partial charge in [0.2, 0.25) is 5.91 Å². The van der Waals surface area contributed by atoms with Gasteiger partial charge in [0, 0.05) is 7.11 Å². The van der Waals surface area contributed by atoms with Crippen LogP contribution in [0, 0.1) is 0 Å². The molecule has 0 saturated heterocycles. The van der Waals surface area contributed by atoms with Gasteiger partial charge in [0.1, 0.15) is 6.61 Å². The van der Waals surface area contributed by atoms with Crippen molar-refractivity contribution in [2.45, 2.75) is 37.6 Å². The molecular weight excluding hydrogens is 252 g/mol. The molecule has 0 aromatic heterocycles. The summed E-state index contributed by atoms with van der Waals surface area (Å²) in [5.41, 5.74) is 5.28. The van der Waals surface area contributed by atoms with Crippen molar-refractivity contribution in [3.8, 4) is 0 Å². The number of ether oxygens (including phenoxy) is 2. The minimum Gasteiger partial charge on any atom is -0.391 e. The molecule has 0 heterocycles. The summed E-state index contributed by atoms with van der Waals surface area (Å²) in [7, 11) is 1.59. The number of amides is 1. The summed E-state index contributed by atoms with van der Waals surface area (Å²) in [6, 6.07) is 0. The third kappa shape index (κ3) is 4.51. The maximum absolute atomic E-state index is 11.8. The molecule has 3 N–H and O–H groups in total. The van der Waals surface area contributed by atoms with E-state index in [0.717, 1.165) is 25.7 Å². The van der Waals surface area contributed by atoms with Gasteiger partial charge in [-0.3, -0.25) is 4.79 Å². The van der Waals surface area contributed by atoms with Crippen LogP contribution in [0.3, 0.4) is 0 Å². The van der Waals surface area contributed by atoms with Crippen molar-refractivity contribution in [3.63, 3.8) is 0 Å². The van der Waals surface area contributed by atoms with E-state index in [-0.39, 0.29) is 12.5 Å². The number of hydrogen-bond donors (Lipinski definition) is 2. The minimum absolute atomic E-state index is 0.0216. The van der Waals surface area contributed by atoms with Crippen LogP contribution in [0.5, 0.6) is 0 Å². The topological polar surface area (TPSA) is 73.6 Å². The number of thiocarbonyl (C=S) groups is 1. The van der Waals surface area contributed by atoms with Crippen molar-refractivity contribution in [3.05, 3.63) is 0 Å². The maximum atomic E-state index is 11.8. The number of carbonyl (C=O) groups excluding carboxylic acids is 1. The van der Waals surface area contributed by atoms with E-state index in [2.05, 4.69) is 5.32 Å². The molecule has 0 atom stereocenters. The van der Waals surface area contributed by atoms with Gasteiger partial charge in [-0.1, -0.05) is 31.5 Å². The third-order valence-corrected chi connectivity index (χ3v) is 3.61. The third-order valence-electron chi connectivity index (χ3n) is 3.22. The molecule has 18 heavy (non-hydrogen) atoms. The maximum Gasteiger partial charge on any atom is 0.246 e. The van der Waals surface area contributed by atoms with Gasteiger partial charge >= 0.3 is 0 Å². The Bertz CT molecular complexity index is 291. The van der Waals surface area contributed by atoms with E-state index < -0.39 is 5.54 Å². The van der Waals surface area contributed by atoms with Crippen molar-refractivity contribution in [1.29, 1.82) is 0 Å². The Morgan fingerprint density at radius 1 is 1.33 bits per heavy atom. The highest BCUT2D eigenvalue weighted by molar-refractivity contribution is 7.80. The SMILES string of the molecule is COCCOCC(=O)NC1(C(N)=S)CCCCC1. The van der Waals surface area contributed by atoms with Gasteiger partial charge in [-0.2, -0.15) is 0 Å². The van der Waals surface area contributed by atoms with Crippen LogP contribution in [0.25, 0.3) is 0 Å². The second-order valence-corrected chi connectivity index (χ2v) is 5.04. The molecule has 0 aliphatic heterocycles. The number of methoxy groups -OCH3 is 1. The van der Waals surface area contributed by atoms with Gasteiger partial charge in [-0.15, -0.1) is 0 Å². The van der Waals surface area contributed by atoms with Crippen molar-refractivity contribution in [2.75, 3.05) is 26.9 Å². The second-order valence-electron chi connectivity index (χ2n) is 4.60. The number of nitrogens with two attached hydrogens (primary N) is 1. The van der Waals surface area contributed by atoms with E-state index in [9.17, 15) is 4.79 Å². The Morgan fingerprint density at radius 2 is 2.00 bits per heavy atom. The smallest absolute Gasteiger partial charge is 0.246 e. The summed E-state index contributed by atoms with van der Waals surface area (Å²) in [5, 5.41) is 2.94. The lowest BCUT2D eigenvalue weighted by molar-refractivity contribution is -0.127. The quantitative estimate of drug-likeness (QED) is 0.529. The van der Waals surface area contributed by atoms with Gasteiger partial charge in [0.05, 0.1) is 23.7 Å². The molecule has 0 spiro atoms. The second kappa shape index (κ2) is 7.66. The Hall–Kier alpha value is -0.720. The predicted octanol–water partition coefficient (Wildman–Crippen LogP) is 0.755. The van der Waals surface area contributed by atoms with E-state index in [4.69, 9.17) is 27.4 Å². The molecule has 1 aliphatic carbocycles. The van der Waals surface area contributed by atoms with Crippen molar-refractivity contribution >= 4 is 23.1 Å². The van der Waals surface area contributed by atoms with Crippen LogP contribution in [0.2, 0.25) is 0 Å². The summed E-state index contributed by atoms with van der Waals surface area (Å²) in [6.45, 7) is 0.908. The highest BCUT2D eigenvalue weighted by Crippen LogP contribution is 2.28. The van der Waals surface area contributed by atoms with Gasteiger partial charge in [0.15, 0.2) is 0 Å². The van der Waals surface area contributed by atoms with Crippen LogP contribution in [0.4, 0.5) is 0 Å². The molecule has 0 unspecified atom stereocenters. The zero-order valence-corrected chi connectivity index (χ0v) is 11.7. The molecule has 0 radical (unpaired) electrons.